The first-order valence-electron chi connectivity index (χ1n) is 6.03. The van der Waals surface area contributed by atoms with Gasteiger partial charge in [0.15, 0.2) is 0 Å². The molecule has 0 amide bonds. The standard InChI is InChI=1S/C12H17N3S/c1-9-13-11-4-2-3-10(11)12(14-9)15-5-7-16-8-6-15/h2-8H2,1H3. The average molecular weight is 235 g/mol. The van der Waals surface area contributed by atoms with E-state index in [1.807, 2.05) is 18.7 Å². The van der Waals surface area contributed by atoms with Gasteiger partial charge in [-0.2, -0.15) is 11.8 Å². The Hall–Kier alpha value is -0.770. The quantitative estimate of drug-likeness (QED) is 0.742. The summed E-state index contributed by atoms with van der Waals surface area (Å²) >= 11 is 2.05. The Bertz CT molecular complexity index is 399. The van der Waals surface area contributed by atoms with Crippen molar-refractivity contribution in [2.75, 3.05) is 29.5 Å². The lowest BCUT2D eigenvalue weighted by molar-refractivity contribution is 0.815. The molecule has 1 aromatic rings. The van der Waals surface area contributed by atoms with E-state index in [1.54, 1.807) is 0 Å². The van der Waals surface area contributed by atoms with Crippen molar-refractivity contribution >= 4 is 17.6 Å². The third kappa shape index (κ3) is 1.79. The summed E-state index contributed by atoms with van der Waals surface area (Å²) in [6.45, 7) is 4.31. The molecule has 1 saturated heterocycles. The maximum atomic E-state index is 4.67. The predicted octanol–water partition coefficient (Wildman–Crippen LogP) is 1.83. The molecule has 4 heteroatoms. The first kappa shape index (κ1) is 10.4. The van der Waals surface area contributed by atoms with Crippen LogP contribution in [0.4, 0.5) is 5.82 Å². The van der Waals surface area contributed by atoms with E-state index in [2.05, 4.69) is 14.9 Å². The van der Waals surface area contributed by atoms with Crippen molar-refractivity contribution in [2.24, 2.45) is 0 Å². The third-order valence-electron chi connectivity index (χ3n) is 3.33. The van der Waals surface area contributed by atoms with E-state index in [4.69, 9.17) is 0 Å². The molecule has 0 aromatic carbocycles. The van der Waals surface area contributed by atoms with Crippen LogP contribution in [0.15, 0.2) is 0 Å². The fourth-order valence-corrected chi connectivity index (χ4v) is 3.47. The molecular weight excluding hydrogens is 218 g/mol. The maximum Gasteiger partial charge on any atom is 0.135 e. The van der Waals surface area contributed by atoms with Gasteiger partial charge in [-0.25, -0.2) is 9.97 Å². The highest BCUT2D eigenvalue weighted by Gasteiger charge is 2.23. The maximum absolute atomic E-state index is 4.67. The van der Waals surface area contributed by atoms with Crippen molar-refractivity contribution in [1.29, 1.82) is 0 Å². The number of hydrogen-bond acceptors (Lipinski definition) is 4. The first-order valence-corrected chi connectivity index (χ1v) is 7.19. The number of anilines is 1. The Morgan fingerprint density at radius 2 is 1.94 bits per heavy atom. The number of thioether (sulfide) groups is 1. The molecule has 1 fully saturated rings. The van der Waals surface area contributed by atoms with Crippen molar-refractivity contribution in [3.05, 3.63) is 17.1 Å². The van der Waals surface area contributed by atoms with Gasteiger partial charge in [0.1, 0.15) is 11.6 Å². The van der Waals surface area contributed by atoms with Crippen LogP contribution in [0.2, 0.25) is 0 Å². The van der Waals surface area contributed by atoms with Crippen LogP contribution in [-0.2, 0) is 12.8 Å². The second-order valence-corrected chi connectivity index (χ2v) is 5.70. The molecule has 16 heavy (non-hydrogen) atoms. The topological polar surface area (TPSA) is 29.0 Å². The highest BCUT2D eigenvalue weighted by atomic mass is 32.2. The van der Waals surface area contributed by atoms with Crippen LogP contribution in [0, 0.1) is 6.92 Å². The Morgan fingerprint density at radius 1 is 1.12 bits per heavy atom. The number of aryl methyl sites for hydroxylation is 2. The summed E-state index contributed by atoms with van der Waals surface area (Å²) in [5, 5.41) is 0. The number of nitrogens with zero attached hydrogens (tertiary/aromatic N) is 3. The number of rotatable bonds is 1. The number of hydrogen-bond donors (Lipinski definition) is 0. The van der Waals surface area contributed by atoms with Crippen LogP contribution >= 0.6 is 11.8 Å². The second-order valence-electron chi connectivity index (χ2n) is 4.47. The fourth-order valence-electron chi connectivity index (χ4n) is 2.57. The predicted molar refractivity (Wildman–Crippen MR) is 68.3 cm³/mol. The van der Waals surface area contributed by atoms with E-state index in [0.29, 0.717) is 0 Å². The first-order chi connectivity index (χ1) is 7.84. The smallest absolute Gasteiger partial charge is 0.135 e. The van der Waals surface area contributed by atoms with Crippen LogP contribution in [0.1, 0.15) is 23.5 Å². The minimum atomic E-state index is 0.939. The van der Waals surface area contributed by atoms with Crippen molar-refractivity contribution in [3.63, 3.8) is 0 Å². The van der Waals surface area contributed by atoms with Crippen LogP contribution in [0.25, 0.3) is 0 Å². The molecule has 3 rings (SSSR count). The Balaban J connectivity index is 1.99. The summed E-state index contributed by atoms with van der Waals surface area (Å²) in [4.78, 5) is 11.7. The minimum Gasteiger partial charge on any atom is -0.355 e. The molecule has 0 bridgehead atoms. The fraction of sp³-hybridized carbons (Fsp3) is 0.667. The lowest BCUT2D eigenvalue weighted by Crippen LogP contribution is -2.34. The second kappa shape index (κ2) is 4.24. The molecule has 0 N–H and O–H groups in total. The normalized spacial score (nSPS) is 19.9. The zero-order valence-corrected chi connectivity index (χ0v) is 10.5. The average Bonchev–Trinajstić information content (AvgIpc) is 2.77. The zero-order chi connectivity index (χ0) is 11.0. The molecule has 2 aliphatic rings. The molecule has 3 nitrogen and oxygen atoms in total. The van der Waals surface area contributed by atoms with E-state index >= 15 is 0 Å². The minimum absolute atomic E-state index is 0.939. The lowest BCUT2D eigenvalue weighted by Gasteiger charge is -2.29. The SMILES string of the molecule is Cc1nc2c(c(N3CCSCC3)n1)CCC2. The van der Waals surface area contributed by atoms with Gasteiger partial charge in [0.05, 0.1) is 0 Å². The Labute approximate surface area is 101 Å². The molecule has 2 heterocycles. The van der Waals surface area contributed by atoms with Gasteiger partial charge in [-0.05, 0) is 26.2 Å². The van der Waals surface area contributed by atoms with Gasteiger partial charge < -0.3 is 4.90 Å². The van der Waals surface area contributed by atoms with Crippen LogP contribution in [0.5, 0.6) is 0 Å². The molecule has 1 aliphatic heterocycles. The summed E-state index contributed by atoms with van der Waals surface area (Å²) in [5.41, 5.74) is 2.73. The largest absolute Gasteiger partial charge is 0.355 e. The van der Waals surface area contributed by atoms with Crippen LogP contribution in [0.3, 0.4) is 0 Å². The van der Waals surface area contributed by atoms with Crippen molar-refractivity contribution in [2.45, 2.75) is 26.2 Å². The van der Waals surface area contributed by atoms with Gasteiger partial charge in [-0.1, -0.05) is 0 Å². The summed E-state index contributed by atoms with van der Waals surface area (Å²) in [6, 6.07) is 0. The summed E-state index contributed by atoms with van der Waals surface area (Å²) in [6.07, 6.45) is 3.58. The number of fused-ring (bicyclic) bond motifs is 1. The molecule has 0 saturated carbocycles. The molecule has 0 radical (unpaired) electrons. The molecule has 1 aromatic heterocycles. The molecule has 0 unspecified atom stereocenters. The number of aromatic nitrogens is 2. The highest BCUT2D eigenvalue weighted by molar-refractivity contribution is 7.99. The monoisotopic (exact) mass is 235 g/mol. The third-order valence-corrected chi connectivity index (χ3v) is 4.28. The zero-order valence-electron chi connectivity index (χ0n) is 9.70. The highest BCUT2D eigenvalue weighted by Crippen LogP contribution is 2.29. The molecule has 86 valence electrons. The van der Waals surface area contributed by atoms with Crippen LogP contribution in [-0.4, -0.2) is 34.6 Å². The van der Waals surface area contributed by atoms with Crippen LogP contribution < -0.4 is 4.90 Å². The van der Waals surface area contributed by atoms with Gasteiger partial charge in [-0.3, -0.25) is 0 Å². The van der Waals surface area contributed by atoms with Crippen molar-refractivity contribution in [3.8, 4) is 0 Å². The summed E-state index contributed by atoms with van der Waals surface area (Å²) < 4.78 is 0. The molecule has 1 aliphatic carbocycles. The summed E-state index contributed by atoms with van der Waals surface area (Å²) in [5.74, 6) is 4.64. The van der Waals surface area contributed by atoms with E-state index < -0.39 is 0 Å². The molecule has 0 atom stereocenters. The van der Waals surface area contributed by atoms with Crippen molar-refractivity contribution in [1.82, 2.24) is 9.97 Å². The van der Waals surface area contributed by atoms with Gasteiger partial charge in [0, 0.05) is 35.9 Å². The Morgan fingerprint density at radius 3 is 2.75 bits per heavy atom. The Kier molecular flexibility index (Phi) is 2.75. The van der Waals surface area contributed by atoms with E-state index in [9.17, 15) is 0 Å². The van der Waals surface area contributed by atoms with Gasteiger partial charge in [0.25, 0.3) is 0 Å². The van der Waals surface area contributed by atoms with Gasteiger partial charge in [-0.15, -0.1) is 0 Å². The summed E-state index contributed by atoms with van der Waals surface area (Å²) in [7, 11) is 0. The van der Waals surface area contributed by atoms with Crippen molar-refractivity contribution < 1.29 is 0 Å². The van der Waals surface area contributed by atoms with Gasteiger partial charge >= 0.3 is 0 Å². The van der Waals surface area contributed by atoms with E-state index in [-0.39, 0.29) is 0 Å². The molecular formula is C12H17N3S. The lowest BCUT2D eigenvalue weighted by atomic mass is 10.2. The van der Waals surface area contributed by atoms with E-state index in [0.717, 1.165) is 25.3 Å². The van der Waals surface area contributed by atoms with E-state index in [1.165, 1.54) is 41.4 Å². The van der Waals surface area contributed by atoms with Gasteiger partial charge in [0.2, 0.25) is 0 Å². The molecule has 0 spiro atoms.